The van der Waals surface area contributed by atoms with Crippen LogP contribution in [0.4, 0.5) is 0 Å². The summed E-state index contributed by atoms with van der Waals surface area (Å²) in [5.74, 6) is -1.09. The standard InChI is InChI=1S/C15H18O3/c1-3-4-8-18-15(17)13-9-12-10(2)6-5-7-11(12)14(13)16/h5-7,13H,3-4,8-9H2,1-2H3. The molecule has 0 N–H and O–H groups in total. The Morgan fingerprint density at radius 3 is 2.89 bits per heavy atom. The smallest absolute Gasteiger partial charge is 0.317 e. The van der Waals surface area contributed by atoms with Gasteiger partial charge >= 0.3 is 5.97 Å². The first-order valence-electron chi connectivity index (χ1n) is 6.44. The van der Waals surface area contributed by atoms with E-state index < -0.39 is 5.92 Å². The lowest BCUT2D eigenvalue weighted by molar-refractivity contribution is -0.146. The first-order valence-corrected chi connectivity index (χ1v) is 6.44. The summed E-state index contributed by atoms with van der Waals surface area (Å²) < 4.78 is 5.15. The molecule has 1 unspecified atom stereocenters. The molecule has 3 nitrogen and oxygen atoms in total. The highest BCUT2D eigenvalue weighted by molar-refractivity contribution is 6.12. The molecule has 1 aliphatic rings. The first kappa shape index (κ1) is 12.8. The normalized spacial score (nSPS) is 17.7. The van der Waals surface area contributed by atoms with Gasteiger partial charge in [-0.1, -0.05) is 31.5 Å². The molecule has 0 heterocycles. The molecule has 18 heavy (non-hydrogen) atoms. The lowest BCUT2D eigenvalue weighted by Crippen LogP contribution is -2.23. The van der Waals surface area contributed by atoms with E-state index in [1.54, 1.807) is 6.07 Å². The predicted octanol–water partition coefficient (Wildman–Crippen LogP) is 2.69. The zero-order valence-electron chi connectivity index (χ0n) is 10.9. The molecule has 96 valence electrons. The molecular formula is C15H18O3. The maximum atomic E-state index is 12.1. The summed E-state index contributed by atoms with van der Waals surface area (Å²) >= 11 is 0. The van der Waals surface area contributed by atoms with Crippen molar-refractivity contribution in [3.05, 3.63) is 34.9 Å². The number of Topliss-reactive ketones (excluding diaryl/α,β-unsaturated/α-hetero) is 1. The van der Waals surface area contributed by atoms with Gasteiger partial charge in [-0.2, -0.15) is 0 Å². The molecule has 1 aromatic rings. The largest absolute Gasteiger partial charge is 0.465 e. The van der Waals surface area contributed by atoms with Crippen LogP contribution in [0.15, 0.2) is 18.2 Å². The van der Waals surface area contributed by atoms with Crippen LogP contribution in [-0.2, 0) is 16.0 Å². The lowest BCUT2D eigenvalue weighted by atomic mass is 10.0. The molecule has 2 rings (SSSR count). The van der Waals surface area contributed by atoms with Gasteiger partial charge in [0, 0.05) is 5.56 Å². The summed E-state index contributed by atoms with van der Waals surface area (Å²) in [5, 5.41) is 0. The van der Waals surface area contributed by atoms with Gasteiger partial charge in [-0.25, -0.2) is 0 Å². The van der Waals surface area contributed by atoms with Gasteiger partial charge in [0.2, 0.25) is 0 Å². The third-order valence-corrected chi connectivity index (χ3v) is 3.43. The van der Waals surface area contributed by atoms with Gasteiger partial charge in [-0.3, -0.25) is 9.59 Å². The van der Waals surface area contributed by atoms with E-state index in [9.17, 15) is 9.59 Å². The molecule has 0 amide bonds. The van der Waals surface area contributed by atoms with Crippen LogP contribution in [0, 0.1) is 12.8 Å². The number of benzene rings is 1. The van der Waals surface area contributed by atoms with Crippen molar-refractivity contribution < 1.29 is 14.3 Å². The minimum absolute atomic E-state index is 0.0878. The van der Waals surface area contributed by atoms with Crippen LogP contribution in [0.25, 0.3) is 0 Å². The number of fused-ring (bicyclic) bond motifs is 1. The molecule has 0 spiro atoms. The number of esters is 1. The quantitative estimate of drug-likeness (QED) is 0.466. The van der Waals surface area contributed by atoms with Crippen LogP contribution in [-0.4, -0.2) is 18.4 Å². The number of hydrogen-bond donors (Lipinski definition) is 0. The highest BCUT2D eigenvalue weighted by atomic mass is 16.5. The molecule has 1 atom stereocenters. The molecule has 0 saturated heterocycles. The maximum Gasteiger partial charge on any atom is 0.317 e. The van der Waals surface area contributed by atoms with E-state index in [0.29, 0.717) is 18.6 Å². The number of ether oxygens (including phenoxy) is 1. The van der Waals surface area contributed by atoms with Crippen LogP contribution in [0.3, 0.4) is 0 Å². The minimum atomic E-state index is -0.627. The Morgan fingerprint density at radius 1 is 1.44 bits per heavy atom. The third kappa shape index (κ3) is 2.30. The number of carbonyl (C=O) groups is 2. The van der Waals surface area contributed by atoms with E-state index in [-0.39, 0.29) is 11.8 Å². The molecule has 0 fully saturated rings. The van der Waals surface area contributed by atoms with E-state index in [4.69, 9.17) is 4.74 Å². The Labute approximate surface area is 107 Å². The first-order chi connectivity index (χ1) is 8.65. The monoisotopic (exact) mass is 246 g/mol. The maximum absolute atomic E-state index is 12.1. The van der Waals surface area contributed by atoms with Gasteiger partial charge < -0.3 is 4.74 Å². The van der Waals surface area contributed by atoms with Crippen molar-refractivity contribution >= 4 is 11.8 Å². The summed E-state index contributed by atoms with van der Waals surface area (Å²) in [7, 11) is 0. The SMILES string of the molecule is CCCCOC(=O)C1Cc2c(C)cccc2C1=O. The van der Waals surface area contributed by atoms with Crippen molar-refractivity contribution in [3.8, 4) is 0 Å². The zero-order valence-corrected chi connectivity index (χ0v) is 10.9. The molecule has 3 heteroatoms. The van der Waals surface area contributed by atoms with Crippen molar-refractivity contribution in [2.75, 3.05) is 6.61 Å². The summed E-state index contributed by atoms with van der Waals surface area (Å²) in [4.78, 5) is 24.0. The molecule has 0 aliphatic heterocycles. The van der Waals surface area contributed by atoms with E-state index in [2.05, 4.69) is 0 Å². The second-order valence-electron chi connectivity index (χ2n) is 4.74. The van der Waals surface area contributed by atoms with Gasteiger partial charge in [0.1, 0.15) is 5.92 Å². The molecule has 1 aromatic carbocycles. The van der Waals surface area contributed by atoms with Gasteiger partial charge in [0.05, 0.1) is 6.61 Å². The number of hydrogen-bond acceptors (Lipinski definition) is 3. The minimum Gasteiger partial charge on any atom is -0.465 e. The van der Waals surface area contributed by atoms with E-state index in [1.807, 2.05) is 26.0 Å². The number of unbranched alkanes of at least 4 members (excludes halogenated alkanes) is 1. The predicted molar refractivity (Wildman–Crippen MR) is 68.6 cm³/mol. The zero-order chi connectivity index (χ0) is 13.1. The van der Waals surface area contributed by atoms with Crippen LogP contribution in [0.5, 0.6) is 0 Å². The van der Waals surface area contributed by atoms with Crippen LogP contribution in [0.2, 0.25) is 0 Å². The van der Waals surface area contributed by atoms with Crippen molar-refractivity contribution in [2.24, 2.45) is 5.92 Å². The molecule has 0 radical (unpaired) electrons. The molecule has 0 saturated carbocycles. The van der Waals surface area contributed by atoms with Gasteiger partial charge in [0.15, 0.2) is 5.78 Å². The number of carbonyl (C=O) groups excluding carboxylic acids is 2. The fourth-order valence-electron chi connectivity index (χ4n) is 2.30. The second kappa shape index (κ2) is 5.34. The van der Waals surface area contributed by atoms with Crippen molar-refractivity contribution in [3.63, 3.8) is 0 Å². The Bertz CT molecular complexity index is 477. The number of rotatable bonds is 4. The van der Waals surface area contributed by atoms with Gasteiger partial charge in [-0.15, -0.1) is 0 Å². The van der Waals surface area contributed by atoms with Crippen molar-refractivity contribution in [2.45, 2.75) is 33.1 Å². The van der Waals surface area contributed by atoms with Crippen molar-refractivity contribution in [1.82, 2.24) is 0 Å². The molecule has 0 aromatic heterocycles. The lowest BCUT2D eigenvalue weighted by Gasteiger charge is -2.08. The Morgan fingerprint density at radius 2 is 2.22 bits per heavy atom. The average molecular weight is 246 g/mol. The molecule has 0 bridgehead atoms. The highest BCUT2D eigenvalue weighted by Crippen LogP contribution is 2.29. The fraction of sp³-hybridized carbons (Fsp3) is 0.467. The Balaban J connectivity index is 2.09. The van der Waals surface area contributed by atoms with Crippen molar-refractivity contribution in [1.29, 1.82) is 0 Å². The van der Waals surface area contributed by atoms with E-state index in [0.717, 1.165) is 24.0 Å². The molecular weight excluding hydrogens is 228 g/mol. The summed E-state index contributed by atoms with van der Waals surface area (Å²) in [5.41, 5.74) is 2.76. The fourth-order valence-corrected chi connectivity index (χ4v) is 2.30. The van der Waals surface area contributed by atoms with Crippen LogP contribution in [0.1, 0.15) is 41.3 Å². The number of ketones is 1. The third-order valence-electron chi connectivity index (χ3n) is 3.43. The average Bonchev–Trinajstić information content (AvgIpc) is 2.69. The van der Waals surface area contributed by atoms with Gasteiger partial charge in [-0.05, 0) is 30.9 Å². The van der Waals surface area contributed by atoms with E-state index >= 15 is 0 Å². The topological polar surface area (TPSA) is 43.4 Å². The van der Waals surface area contributed by atoms with Crippen LogP contribution >= 0.6 is 0 Å². The summed E-state index contributed by atoms with van der Waals surface area (Å²) in [6, 6.07) is 5.62. The second-order valence-corrected chi connectivity index (χ2v) is 4.74. The van der Waals surface area contributed by atoms with Gasteiger partial charge in [0.25, 0.3) is 0 Å². The highest BCUT2D eigenvalue weighted by Gasteiger charge is 2.37. The van der Waals surface area contributed by atoms with E-state index in [1.165, 1.54) is 0 Å². The Kier molecular flexibility index (Phi) is 3.80. The Hall–Kier alpha value is -1.64. The number of aryl methyl sites for hydroxylation is 1. The molecule has 1 aliphatic carbocycles. The summed E-state index contributed by atoms with van der Waals surface area (Å²) in [6.45, 7) is 4.42. The van der Waals surface area contributed by atoms with Crippen LogP contribution < -0.4 is 0 Å². The summed E-state index contributed by atoms with van der Waals surface area (Å²) in [6.07, 6.45) is 2.32.